The molecule has 4 aromatic rings. The third kappa shape index (κ3) is 3.16. The summed E-state index contributed by atoms with van der Waals surface area (Å²) in [6.07, 6.45) is 0. The van der Waals surface area contributed by atoms with Crippen LogP contribution < -0.4 is 15.7 Å². The van der Waals surface area contributed by atoms with Crippen molar-refractivity contribution in [3.8, 4) is 5.75 Å². The van der Waals surface area contributed by atoms with Crippen molar-refractivity contribution >= 4 is 49.2 Å². The lowest BCUT2D eigenvalue weighted by molar-refractivity contribution is -0.384. The Morgan fingerprint density at radius 3 is 2.82 bits per heavy atom. The number of methoxy groups -OCH3 is 1. The van der Waals surface area contributed by atoms with E-state index < -0.39 is 16.5 Å². The molecule has 2 heterocycles. The van der Waals surface area contributed by atoms with Gasteiger partial charge in [0.15, 0.2) is 5.13 Å². The van der Waals surface area contributed by atoms with Gasteiger partial charge in [-0.3, -0.25) is 20.2 Å². The fourth-order valence-electron chi connectivity index (χ4n) is 2.63. The van der Waals surface area contributed by atoms with Crippen LogP contribution in [0, 0.1) is 10.1 Å². The number of rotatable bonds is 4. The Balaban J connectivity index is 1.67. The molecule has 1 amide bonds. The van der Waals surface area contributed by atoms with Gasteiger partial charge in [0, 0.05) is 17.5 Å². The SMILES string of the molecule is COc1ccc2oc(=O)c(C(=O)Nc3nc4ccc([N+](=O)[O-])cc4s3)cc2c1. The van der Waals surface area contributed by atoms with Gasteiger partial charge in [0.1, 0.15) is 16.9 Å². The normalized spacial score (nSPS) is 10.9. The van der Waals surface area contributed by atoms with Crippen LogP contribution in [-0.4, -0.2) is 22.9 Å². The molecule has 0 atom stereocenters. The molecule has 0 bridgehead atoms. The molecule has 0 aliphatic carbocycles. The standard InChI is InChI=1S/C18H11N3O6S/c1-26-11-3-5-14-9(6-11)7-12(17(23)27-14)16(22)20-18-19-13-4-2-10(21(24)25)8-15(13)28-18/h2-8H,1H3,(H,19,20,22). The average Bonchev–Trinajstić information content (AvgIpc) is 3.08. The van der Waals surface area contributed by atoms with Crippen LogP contribution in [0.2, 0.25) is 0 Å². The maximum Gasteiger partial charge on any atom is 0.349 e. The summed E-state index contributed by atoms with van der Waals surface area (Å²) in [6, 6.07) is 10.5. The number of nitrogens with one attached hydrogen (secondary N) is 1. The molecule has 28 heavy (non-hydrogen) atoms. The van der Waals surface area contributed by atoms with E-state index in [9.17, 15) is 19.7 Å². The zero-order valence-corrected chi connectivity index (χ0v) is 15.1. The first-order chi connectivity index (χ1) is 13.4. The van der Waals surface area contributed by atoms with Gasteiger partial charge in [0.25, 0.3) is 11.6 Å². The number of nitro groups is 1. The van der Waals surface area contributed by atoms with E-state index in [0.717, 1.165) is 11.3 Å². The lowest BCUT2D eigenvalue weighted by atomic mass is 10.1. The third-order valence-electron chi connectivity index (χ3n) is 3.99. The van der Waals surface area contributed by atoms with Gasteiger partial charge in [-0.25, -0.2) is 9.78 Å². The highest BCUT2D eigenvalue weighted by Crippen LogP contribution is 2.29. The highest BCUT2D eigenvalue weighted by atomic mass is 32.1. The molecule has 0 spiro atoms. The number of nitrogens with zero attached hydrogens (tertiary/aromatic N) is 2. The van der Waals surface area contributed by atoms with Gasteiger partial charge in [-0.2, -0.15) is 0 Å². The molecule has 0 fully saturated rings. The van der Waals surface area contributed by atoms with Crippen LogP contribution in [0.1, 0.15) is 10.4 Å². The first-order valence-electron chi connectivity index (χ1n) is 7.93. The minimum absolute atomic E-state index is 0.0712. The van der Waals surface area contributed by atoms with Crippen molar-refractivity contribution in [1.82, 2.24) is 4.98 Å². The number of nitro benzene ring substituents is 1. The molecule has 10 heteroatoms. The zero-order chi connectivity index (χ0) is 19.8. The van der Waals surface area contributed by atoms with E-state index >= 15 is 0 Å². The largest absolute Gasteiger partial charge is 0.497 e. The summed E-state index contributed by atoms with van der Waals surface area (Å²) < 4.78 is 10.9. The van der Waals surface area contributed by atoms with Gasteiger partial charge in [0.05, 0.1) is 22.2 Å². The molecule has 0 aliphatic rings. The Kier molecular flexibility index (Phi) is 4.24. The molecular formula is C18H11N3O6S. The predicted molar refractivity (Wildman–Crippen MR) is 103 cm³/mol. The fourth-order valence-corrected chi connectivity index (χ4v) is 3.53. The number of carbonyl (C=O) groups is 1. The number of ether oxygens (including phenoxy) is 1. The lowest BCUT2D eigenvalue weighted by Crippen LogP contribution is -2.20. The fraction of sp³-hybridized carbons (Fsp3) is 0.0556. The van der Waals surface area contributed by atoms with Gasteiger partial charge in [-0.1, -0.05) is 11.3 Å². The summed E-state index contributed by atoms with van der Waals surface area (Å²) in [4.78, 5) is 39.3. The highest BCUT2D eigenvalue weighted by Gasteiger charge is 2.17. The monoisotopic (exact) mass is 397 g/mol. The lowest BCUT2D eigenvalue weighted by Gasteiger charge is -2.04. The van der Waals surface area contributed by atoms with Crippen molar-refractivity contribution in [2.24, 2.45) is 0 Å². The summed E-state index contributed by atoms with van der Waals surface area (Å²) in [7, 11) is 1.51. The van der Waals surface area contributed by atoms with Crippen LogP contribution in [0.15, 0.2) is 51.7 Å². The second-order valence-corrected chi connectivity index (χ2v) is 6.76. The number of hydrogen-bond acceptors (Lipinski definition) is 8. The maximum absolute atomic E-state index is 12.5. The van der Waals surface area contributed by atoms with E-state index in [0.29, 0.717) is 26.9 Å². The van der Waals surface area contributed by atoms with E-state index in [2.05, 4.69) is 10.3 Å². The molecule has 2 aromatic carbocycles. The molecule has 0 aliphatic heterocycles. The van der Waals surface area contributed by atoms with Crippen LogP contribution >= 0.6 is 11.3 Å². The molecule has 0 saturated heterocycles. The molecule has 0 unspecified atom stereocenters. The number of non-ortho nitro benzene ring substituents is 1. The van der Waals surface area contributed by atoms with Gasteiger partial charge < -0.3 is 9.15 Å². The Morgan fingerprint density at radius 1 is 1.25 bits per heavy atom. The van der Waals surface area contributed by atoms with E-state index in [-0.39, 0.29) is 16.4 Å². The number of fused-ring (bicyclic) bond motifs is 2. The van der Waals surface area contributed by atoms with Gasteiger partial charge >= 0.3 is 5.63 Å². The van der Waals surface area contributed by atoms with E-state index in [1.165, 1.54) is 31.4 Å². The van der Waals surface area contributed by atoms with Crippen LogP contribution in [0.5, 0.6) is 5.75 Å². The van der Waals surface area contributed by atoms with Gasteiger partial charge in [-0.15, -0.1) is 0 Å². The minimum atomic E-state index is -0.785. The first-order valence-corrected chi connectivity index (χ1v) is 8.74. The molecule has 0 radical (unpaired) electrons. The van der Waals surface area contributed by atoms with Crippen molar-refractivity contribution in [3.05, 3.63) is 68.6 Å². The smallest absolute Gasteiger partial charge is 0.349 e. The maximum atomic E-state index is 12.5. The quantitative estimate of drug-likeness (QED) is 0.317. The third-order valence-corrected chi connectivity index (χ3v) is 4.92. The summed E-state index contributed by atoms with van der Waals surface area (Å²) in [5, 5.41) is 14.2. The molecule has 1 N–H and O–H groups in total. The second kappa shape index (κ2) is 6.74. The summed E-state index contributed by atoms with van der Waals surface area (Å²) in [6.45, 7) is 0. The molecule has 9 nitrogen and oxygen atoms in total. The highest BCUT2D eigenvalue weighted by molar-refractivity contribution is 7.22. The topological polar surface area (TPSA) is 125 Å². The predicted octanol–water partition coefficient (Wildman–Crippen LogP) is 3.57. The number of aromatic nitrogens is 1. The Morgan fingerprint density at radius 2 is 2.07 bits per heavy atom. The molecule has 0 saturated carbocycles. The van der Waals surface area contributed by atoms with E-state index in [1.807, 2.05) is 0 Å². The number of hydrogen-bond donors (Lipinski definition) is 1. The van der Waals surface area contributed by atoms with Crippen molar-refractivity contribution in [2.45, 2.75) is 0 Å². The number of anilines is 1. The van der Waals surface area contributed by atoms with Crippen LogP contribution in [0.4, 0.5) is 10.8 Å². The zero-order valence-electron chi connectivity index (χ0n) is 14.3. The van der Waals surface area contributed by atoms with Crippen molar-refractivity contribution in [1.29, 1.82) is 0 Å². The Labute approximate surface area is 160 Å². The number of benzene rings is 2. The van der Waals surface area contributed by atoms with E-state index in [4.69, 9.17) is 9.15 Å². The van der Waals surface area contributed by atoms with Crippen LogP contribution in [0.25, 0.3) is 21.2 Å². The molecule has 2 aromatic heterocycles. The van der Waals surface area contributed by atoms with Crippen molar-refractivity contribution < 1.29 is 18.9 Å². The summed E-state index contributed by atoms with van der Waals surface area (Å²) in [5.41, 5.74) is -0.216. The summed E-state index contributed by atoms with van der Waals surface area (Å²) >= 11 is 1.07. The van der Waals surface area contributed by atoms with Crippen molar-refractivity contribution in [3.63, 3.8) is 0 Å². The summed E-state index contributed by atoms with van der Waals surface area (Å²) in [5.74, 6) is -0.132. The van der Waals surface area contributed by atoms with Crippen LogP contribution in [0.3, 0.4) is 0 Å². The number of carbonyl (C=O) groups excluding carboxylic acids is 1. The van der Waals surface area contributed by atoms with Gasteiger partial charge in [-0.05, 0) is 30.3 Å². The molecular weight excluding hydrogens is 386 g/mol. The molecule has 4 rings (SSSR count). The average molecular weight is 397 g/mol. The van der Waals surface area contributed by atoms with Crippen LogP contribution in [-0.2, 0) is 0 Å². The Bertz CT molecular complexity index is 1310. The van der Waals surface area contributed by atoms with Gasteiger partial charge in [0.2, 0.25) is 0 Å². The molecule has 140 valence electrons. The number of thiazole rings is 1. The van der Waals surface area contributed by atoms with Crippen molar-refractivity contribution in [2.75, 3.05) is 12.4 Å². The Hall–Kier alpha value is -3.79. The minimum Gasteiger partial charge on any atom is -0.497 e. The number of amides is 1. The van der Waals surface area contributed by atoms with E-state index in [1.54, 1.807) is 18.2 Å². The first kappa shape index (κ1) is 17.6. The second-order valence-electron chi connectivity index (χ2n) is 5.73.